The van der Waals surface area contributed by atoms with Gasteiger partial charge in [-0.05, 0) is 49.7 Å². The zero-order valence-electron chi connectivity index (χ0n) is 12.5. The maximum atomic E-state index is 5.42. The van der Waals surface area contributed by atoms with Crippen LogP contribution in [-0.4, -0.2) is 18.1 Å². The number of ether oxygens (including phenoxy) is 1. The van der Waals surface area contributed by atoms with Crippen molar-refractivity contribution in [2.45, 2.75) is 38.3 Å². The van der Waals surface area contributed by atoms with Gasteiger partial charge in [-0.25, -0.2) is 4.98 Å². The van der Waals surface area contributed by atoms with E-state index in [0.29, 0.717) is 0 Å². The van der Waals surface area contributed by atoms with Gasteiger partial charge in [0, 0.05) is 18.0 Å². The summed E-state index contributed by atoms with van der Waals surface area (Å²) in [6.45, 7) is 0.867. The minimum Gasteiger partial charge on any atom is -0.494 e. The molecule has 2 fully saturated rings. The number of hydrogen-bond acceptors (Lipinski definition) is 3. The van der Waals surface area contributed by atoms with Gasteiger partial charge in [0.2, 0.25) is 0 Å². The molecule has 1 aromatic heterocycles. The Morgan fingerprint density at radius 2 is 1.90 bits per heavy atom. The average molecular weight is 282 g/mol. The molecule has 1 N–H and O–H groups in total. The summed E-state index contributed by atoms with van der Waals surface area (Å²) < 4.78 is 5.42. The molecule has 4 rings (SSSR count). The predicted molar refractivity (Wildman–Crippen MR) is 84.4 cm³/mol. The molecule has 3 heteroatoms. The highest BCUT2D eigenvalue weighted by Gasteiger charge is 2.40. The van der Waals surface area contributed by atoms with Gasteiger partial charge in [0.1, 0.15) is 11.3 Å². The van der Waals surface area contributed by atoms with Gasteiger partial charge < -0.3 is 10.1 Å². The molecule has 0 unspecified atom stereocenters. The largest absolute Gasteiger partial charge is 0.494 e. The van der Waals surface area contributed by atoms with Gasteiger partial charge in [-0.3, -0.25) is 0 Å². The highest BCUT2D eigenvalue weighted by molar-refractivity contribution is 5.84. The molecule has 2 aliphatic rings. The van der Waals surface area contributed by atoms with E-state index in [1.165, 1.54) is 25.7 Å². The number of nitrogens with one attached hydrogen (secondary N) is 1. The summed E-state index contributed by atoms with van der Waals surface area (Å²) in [7, 11) is 1.71. The Hall–Kier alpha value is -1.61. The van der Waals surface area contributed by atoms with Crippen LogP contribution < -0.4 is 10.1 Å². The van der Waals surface area contributed by atoms with E-state index in [-0.39, 0.29) is 0 Å². The van der Waals surface area contributed by atoms with Crippen LogP contribution in [0, 0.1) is 11.8 Å². The zero-order valence-corrected chi connectivity index (χ0v) is 12.5. The Morgan fingerprint density at radius 1 is 1.14 bits per heavy atom. The molecule has 0 radical (unpaired) electrons. The Morgan fingerprint density at radius 3 is 2.57 bits per heavy atom. The number of nitrogens with zero attached hydrogens (tertiary/aromatic N) is 1. The van der Waals surface area contributed by atoms with Crippen LogP contribution in [0.5, 0.6) is 5.75 Å². The number of aromatic nitrogens is 1. The second kappa shape index (κ2) is 5.30. The summed E-state index contributed by atoms with van der Waals surface area (Å²) in [5, 5.41) is 4.90. The summed E-state index contributed by atoms with van der Waals surface area (Å²) in [4.78, 5) is 4.79. The highest BCUT2D eigenvalue weighted by Crippen LogP contribution is 2.44. The Balaban J connectivity index is 1.53. The first-order valence-corrected chi connectivity index (χ1v) is 8.01. The van der Waals surface area contributed by atoms with E-state index in [9.17, 15) is 0 Å². The van der Waals surface area contributed by atoms with Crippen molar-refractivity contribution in [1.29, 1.82) is 0 Å². The molecule has 0 spiro atoms. The predicted octanol–water partition coefficient (Wildman–Crippen LogP) is 3.52. The molecular weight excluding hydrogens is 260 g/mol. The SMILES string of the molecule is COc1cccc2ccc(CNC(C3CC3)C3CC3)nc12. The maximum Gasteiger partial charge on any atom is 0.145 e. The topological polar surface area (TPSA) is 34.1 Å². The number of methoxy groups -OCH3 is 1. The molecule has 2 aromatic rings. The first-order chi connectivity index (χ1) is 10.3. The number of rotatable bonds is 6. The van der Waals surface area contributed by atoms with E-state index >= 15 is 0 Å². The van der Waals surface area contributed by atoms with Crippen molar-refractivity contribution in [2.75, 3.05) is 7.11 Å². The van der Waals surface area contributed by atoms with Crippen molar-refractivity contribution in [2.24, 2.45) is 11.8 Å². The van der Waals surface area contributed by atoms with Crippen molar-refractivity contribution >= 4 is 10.9 Å². The minimum atomic E-state index is 0.722. The third-order valence-electron chi connectivity index (χ3n) is 4.74. The summed E-state index contributed by atoms with van der Waals surface area (Å²) in [6.07, 6.45) is 5.64. The van der Waals surface area contributed by atoms with E-state index in [1.54, 1.807) is 7.11 Å². The van der Waals surface area contributed by atoms with Crippen LogP contribution >= 0.6 is 0 Å². The number of hydrogen-bond donors (Lipinski definition) is 1. The van der Waals surface area contributed by atoms with E-state index < -0.39 is 0 Å². The van der Waals surface area contributed by atoms with Gasteiger partial charge in [0.05, 0.1) is 12.8 Å². The number of benzene rings is 1. The van der Waals surface area contributed by atoms with Crippen molar-refractivity contribution in [1.82, 2.24) is 10.3 Å². The van der Waals surface area contributed by atoms with Crippen LogP contribution in [0.25, 0.3) is 10.9 Å². The van der Waals surface area contributed by atoms with Crippen LogP contribution in [0.2, 0.25) is 0 Å². The summed E-state index contributed by atoms with van der Waals surface area (Å²) in [6, 6.07) is 11.1. The number of pyridine rings is 1. The minimum absolute atomic E-state index is 0.722. The van der Waals surface area contributed by atoms with Gasteiger partial charge in [0.15, 0.2) is 0 Å². The van der Waals surface area contributed by atoms with Crippen LogP contribution in [0.15, 0.2) is 30.3 Å². The zero-order chi connectivity index (χ0) is 14.2. The molecule has 2 saturated carbocycles. The molecule has 0 aliphatic heterocycles. The molecule has 0 atom stereocenters. The third kappa shape index (κ3) is 2.75. The van der Waals surface area contributed by atoms with Gasteiger partial charge in [-0.1, -0.05) is 18.2 Å². The molecule has 110 valence electrons. The number of para-hydroxylation sites is 1. The molecule has 0 saturated heterocycles. The van der Waals surface area contributed by atoms with Crippen LogP contribution in [0.3, 0.4) is 0 Å². The van der Waals surface area contributed by atoms with Crippen molar-refractivity contribution < 1.29 is 4.74 Å². The quantitative estimate of drug-likeness (QED) is 0.880. The van der Waals surface area contributed by atoms with E-state index in [2.05, 4.69) is 23.5 Å². The smallest absolute Gasteiger partial charge is 0.145 e. The number of fused-ring (bicyclic) bond motifs is 1. The summed E-state index contributed by atoms with van der Waals surface area (Å²) in [5.41, 5.74) is 2.08. The molecule has 0 bridgehead atoms. The normalized spacial score (nSPS) is 18.4. The van der Waals surface area contributed by atoms with Crippen LogP contribution in [0.1, 0.15) is 31.4 Å². The monoisotopic (exact) mass is 282 g/mol. The molecular formula is C18H22N2O. The molecule has 1 aromatic carbocycles. The summed E-state index contributed by atoms with van der Waals surface area (Å²) >= 11 is 0. The Bertz CT molecular complexity index is 635. The first kappa shape index (κ1) is 13.1. The molecule has 21 heavy (non-hydrogen) atoms. The first-order valence-electron chi connectivity index (χ1n) is 8.01. The van der Waals surface area contributed by atoms with Crippen molar-refractivity contribution in [3.8, 4) is 5.75 Å². The fourth-order valence-corrected chi connectivity index (χ4v) is 3.27. The lowest BCUT2D eigenvalue weighted by atomic mass is 10.1. The van der Waals surface area contributed by atoms with Gasteiger partial charge >= 0.3 is 0 Å². The molecule has 2 aliphatic carbocycles. The lowest BCUT2D eigenvalue weighted by Crippen LogP contribution is -2.32. The fourth-order valence-electron chi connectivity index (χ4n) is 3.27. The van der Waals surface area contributed by atoms with Crippen molar-refractivity contribution in [3.63, 3.8) is 0 Å². The lowest BCUT2D eigenvalue weighted by Gasteiger charge is -2.17. The second-order valence-corrected chi connectivity index (χ2v) is 6.42. The second-order valence-electron chi connectivity index (χ2n) is 6.42. The fraction of sp³-hybridized carbons (Fsp3) is 0.500. The molecule has 3 nitrogen and oxygen atoms in total. The third-order valence-corrected chi connectivity index (χ3v) is 4.74. The Labute approximate surface area is 125 Å². The van der Waals surface area contributed by atoms with E-state index in [0.717, 1.165) is 46.8 Å². The van der Waals surface area contributed by atoms with Crippen molar-refractivity contribution in [3.05, 3.63) is 36.0 Å². The van der Waals surface area contributed by atoms with Crippen LogP contribution in [0.4, 0.5) is 0 Å². The summed E-state index contributed by atoms with van der Waals surface area (Å²) in [5.74, 6) is 2.70. The van der Waals surface area contributed by atoms with Gasteiger partial charge in [-0.2, -0.15) is 0 Å². The molecule has 1 heterocycles. The maximum absolute atomic E-state index is 5.42. The lowest BCUT2D eigenvalue weighted by molar-refractivity contribution is 0.412. The average Bonchev–Trinajstić information content (AvgIpc) is 3.39. The van der Waals surface area contributed by atoms with E-state index in [1.807, 2.05) is 12.1 Å². The van der Waals surface area contributed by atoms with Gasteiger partial charge in [-0.15, -0.1) is 0 Å². The van der Waals surface area contributed by atoms with E-state index in [4.69, 9.17) is 9.72 Å². The van der Waals surface area contributed by atoms with Crippen LogP contribution in [-0.2, 0) is 6.54 Å². The highest BCUT2D eigenvalue weighted by atomic mass is 16.5. The Kier molecular flexibility index (Phi) is 3.30. The standard InChI is InChI=1S/C18H22N2O/c1-21-16-4-2-3-12-9-10-15(20-18(12)16)11-19-17(13-5-6-13)14-7-8-14/h2-4,9-10,13-14,17,19H,5-8,11H2,1H3. The van der Waals surface area contributed by atoms with Gasteiger partial charge in [0.25, 0.3) is 0 Å². The molecule has 0 amide bonds.